The molecular weight excluding hydrogens is 462 g/mol. The molecular formula is C26H25N5O5. The summed E-state index contributed by atoms with van der Waals surface area (Å²) in [5, 5.41) is 12.4. The molecule has 0 radical (unpaired) electrons. The zero-order valence-corrected chi connectivity index (χ0v) is 19.4. The lowest BCUT2D eigenvalue weighted by Gasteiger charge is -2.42. The maximum atomic E-state index is 13.5. The van der Waals surface area contributed by atoms with Crippen LogP contribution in [-0.2, 0) is 22.7 Å². The minimum absolute atomic E-state index is 0.0893. The third-order valence-corrected chi connectivity index (χ3v) is 6.76. The van der Waals surface area contributed by atoms with E-state index in [4.69, 9.17) is 5.21 Å². The molecule has 2 aliphatic rings. The summed E-state index contributed by atoms with van der Waals surface area (Å²) in [6, 6.07) is 14.4. The number of fused-ring (bicyclic) bond motifs is 6. The predicted molar refractivity (Wildman–Crippen MR) is 130 cm³/mol. The van der Waals surface area contributed by atoms with Gasteiger partial charge in [0.2, 0.25) is 11.8 Å². The van der Waals surface area contributed by atoms with Gasteiger partial charge in [-0.2, -0.15) is 0 Å². The molecule has 3 aromatic rings. The number of imide groups is 1. The summed E-state index contributed by atoms with van der Waals surface area (Å²) in [5.74, 6) is -1.71. The lowest BCUT2D eigenvalue weighted by atomic mass is 9.89. The van der Waals surface area contributed by atoms with Crippen LogP contribution in [0, 0.1) is 0 Å². The van der Waals surface area contributed by atoms with Crippen molar-refractivity contribution in [2.75, 3.05) is 19.6 Å². The van der Waals surface area contributed by atoms with Crippen LogP contribution in [0.4, 0.5) is 4.79 Å². The number of nitrogens with zero attached hydrogens (tertiary/aromatic N) is 3. The molecule has 10 nitrogen and oxygen atoms in total. The molecule has 1 unspecified atom stereocenters. The highest BCUT2D eigenvalue weighted by molar-refractivity contribution is 6.04. The summed E-state index contributed by atoms with van der Waals surface area (Å²) in [4.78, 5) is 52.7. The van der Waals surface area contributed by atoms with E-state index in [9.17, 15) is 19.2 Å². The highest BCUT2D eigenvalue weighted by Crippen LogP contribution is 2.40. The number of rotatable bonds is 7. The molecule has 2 bridgehead atoms. The number of urea groups is 1. The van der Waals surface area contributed by atoms with Crippen molar-refractivity contribution in [1.82, 2.24) is 25.2 Å². The molecule has 2 aliphatic heterocycles. The van der Waals surface area contributed by atoms with E-state index < -0.39 is 11.8 Å². The van der Waals surface area contributed by atoms with Gasteiger partial charge >= 0.3 is 6.03 Å². The van der Waals surface area contributed by atoms with Crippen LogP contribution in [0.2, 0.25) is 0 Å². The van der Waals surface area contributed by atoms with Crippen molar-refractivity contribution in [2.24, 2.45) is 0 Å². The highest BCUT2D eigenvalue weighted by atomic mass is 16.5. The zero-order chi connectivity index (χ0) is 25.4. The van der Waals surface area contributed by atoms with E-state index >= 15 is 0 Å². The molecule has 184 valence electrons. The van der Waals surface area contributed by atoms with Crippen molar-refractivity contribution >= 4 is 34.7 Å². The average molecular weight is 488 g/mol. The van der Waals surface area contributed by atoms with Crippen LogP contribution in [-0.4, -0.2) is 63.0 Å². The molecule has 0 saturated carbocycles. The van der Waals surface area contributed by atoms with Crippen molar-refractivity contribution in [1.29, 1.82) is 0 Å². The smallest absolute Gasteiger partial charge is 0.327 e. The number of nitrogens with one attached hydrogen (secondary N) is 2. The van der Waals surface area contributed by atoms with Gasteiger partial charge < -0.3 is 14.8 Å². The maximum Gasteiger partial charge on any atom is 0.327 e. The number of hydrogen-bond donors (Lipinski definition) is 3. The van der Waals surface area contributed by atoms with E-state index in [0.717, 1.165) is 33.8 Å². The van der Waals surface area contributed by atoms with E-state index in [1.54, 1.807) is 22.5 Å². The summed E-state index contributed by atoms with van der Waals surface area (Å²) in [5.41, 5.74) is 5.68. The number of carbonyl (C=O) groups is 4. The topological polar surface area (TPSA) is 124 Å². The molecule has 3 heterocycles. The van der Waals surface area contributed by atoms with Crippen LogP contribution in [0.15, 0.2) is 61.2 Å². The van der Waals surface area contributed by atoms with Crippen molar-refractivity contribution in [3.8, 4) is 0 Å². The summed E-state index contributed by atoms with van der Waals surface area (Å²) >= 11 is 0. The molecule has 1 fully saturated rings. The molecule has 0 spiro atoms. The Hall–Kier alpha value is -4.44. The number of hydrogen-bond acceptors (Lipinski definition) is 5. The Bertz CT molecular complexity index is 1390. The minimum atomic E-state index is -0.586. The van der Waals surface area contributed by atoms with Gasteiger partial charge in [0.1, 0.15) is 0 Å². The van der Waals surface area contributed by atoms with Crippen LogP contribution < -0.4 is 10.8 Å². The number of carbonyl (C=O) groups excluding carboxylic acids is 4. The Kier molecular flexibility index (Phi) is 6.03. The monoisotopic (exact) mass is 487 g/mol. The first-order valence-corrected chi connectivity index (χ1v) is 11.6. The number of aromatic nitrogens is 1. The van der Waals surface area contributed by atoms with Gasteiger partial charge in [0.25, 0.3) is 5.91 Å². The largest absolute Gasteiger partial charge is 0.351 e. The number of para-hydroxylation sites is 1. The second-order valence-electron chi connectivity index (χ2n) is 8.80. The van der Waals surface area contributed by atoms with E-state index in [-0.39, 0.29) is 30.9 Å². The second kappa shape index (κ2) is 9.31. The number of amides is 5. The fourth-order valence-corrected chi connectivity index (χ4v) is 5.06. The fourth-order valence-electron chi connectivity index (χ4n) is 5.06. The minimum Gasteiger partial charge on any atom is -0.351 e. The van der Waals surface area contributed by atoms with Crippen molar-refractivity contribution in [2.45, 2.75) is 19.0 Å². The lowest BCUT2D eigenvalue weighted by molar-refractivity contribution is -0.133. The first-order chi connectivity index (χ1) is 17.4. The third-order valence-electron chi connectivity index (χ3n) is 6.76. The van der Waals surface area contributed by atoms with Crippen LogP contribution in [0.25, 0.3) is 10.9 Å². The molecule has 3 N–H and O–H groups in total. The predicted octanol–water partition coefficient (Wildman–Crippen LogP) is 1.97. The standard InChI is InChI=1S/C26H25N5O5/c1-2-22(32)27-11-12-30-25(34)19-14-29(26(30)35)15-21-23(19)18-5-3-4-6-20(18)31(21)13-16-7-9-17(10-8-16)24(33)28-36/h2-10,19,36H,1,11-15H2,(H,27,32)(H,28,33). The van der Waals surface area contributed by atoms with Gasteiger partial charge in [0, 0.05) is 48.3 Å². The van der Waals surface area contributed by atoms with Crippen molar-refractivity contribution < 1.29 is 24.4 Å². The molecule has 2 aromatic carbocycles. The lowest BCUT2D eigenvalue weighted by Crippen LogP contribution is -2.58. The molecule has 1 saturated heterocycles. The van der Waals surface area contributed by atoms with Crippen LogP contribution in [0.3, 0.4) is 0 Å². The van der Waals surface area contributed by atoms with E-state index in [1.807, 2.05) is 36.4 Å². The molecule has 1 atom stereocenters. The van der Waals surface area contributed by atoms with Gasteiger partial charge in [-0.15, -0.1) is 0 Å². The third kappa shape index (κ3) is 3.91. The zero-order valence-electron chi connectivity index (χ0n) is 19.4. The Morgan fingerprint density at radius 2 is 1.86 bits per heavy atom. The van der Waals surface area contributed by atoms with Gasteiger partial charge in [-0.05, 0) is 35.4 Å². The molecule has 5 rings (SSSR count). The average Bonchev–Trinajstić information content (AvgIpc) is 3.22. The molecule has 10 heteroatoms. The van der Waals surface area contributed by atoms with Crippen LogP contribution in [0.5, 0.6) is 0 Å². The Morgan fingerprint density at radius 1 is 1.11 bits per heavy atom. The van der Waals surface area contributed by atoms with E-state index in [0.29, 0.717) is 25.2 Å². The summed E-state index contributed by atoms with van der Waals surface area (Å²) in [6.45, 7) is 4.81. The van der Waals surface area contributed by atoms with Gasteiger partial charge in [-0.3, -0.25) is 24.5 Å². The summed E-state index contributed by atoms with van der Waals surface area (Å²) in [7, 11) is 0. The van der Waals surface area contributed by atoms with Crippen molar-refractivity contribution in [3.05, 3.63) is 83.6 Å². The summed E-state index contributed by atoms with van der Waals surface area (Å²) < 4.78 is 2.12. The first kappa shape index (κ1) is 23.3. The van der Waals surface area contributed by atoms with E-state index in [1.165, 1.54) is 4.90 Å². The van der Waals surface area contributed by atoms with Gasteiger partial charge in [0.15, 0.2) is 0 Å². The molecule has 1 aromatic heterocycles. The quantitative estimate of drug-likeness (QED) is 0.267. The fraction of sp³-hybridized carbons (Fsp3) is 0.231. The van der Waals surface area contributed by atoms with Gasteiger partial charge in [0.05, 0.1) is 12.5 Å². The molecule has 5 amide bonds. The SMILES string of the molecule is C=CC(=O)NCCN1C(=O)C2CN(Cc3c2c2ccccc2n3Cc2ccc(C(=O)NO)cc2)C1=O. The van der Waals surface area contributed by atoms with Gasteiger partial charge in [-0.25, -0.2) is 10.3 Å². The molecule has 36 heavy (non-hydrogen) atoms. The molecule has 0 aliphatic carbocycles. The van der Waals surface area contributed by atoms with Gasteiger partial charge in [-0.1, -0.05) is 36.9 Å². The number of hydroxylamine groups is 1. The Morgan fingerprint density at radius 3 is 2.58 bits per heavy atom. The van der Waals surface area contributed by atoms with Crippen molar-refractivity contribution in [3.63, 3.8) is 0 Å². The normalized spacial score (nSPS) is 16.6. The Balaban J connectivity index is 1.49. The first-order valence-electron chi connectivity index (χ1n) is 11.6. The maximum absolute atomic E-state index is 13.5. The highest BCUT2D eigenvalue weighted by Gasteiger charge is 2.45. The number of benzene rings is 2. The van der Waals surface area contributed by atoms with E-state index in [2.05, 4.69) is 16.5 Å². The van der Waals surface area contributed by atoms with Crippen LogP contribution >= 0.6 is 0 Å². The van der Waals surface area contributed by atoms with Crippen LogP contribution in [0.1, 0.15) is 33.1 Å². The summed E-state index contributed by atoms with van der Waals surface area (Å²) in [6.07, 6.45) is 1.15. The Labute approximate surface area is 206 Å². The second-order valence-corrected chi connectivity index (χ2v) is 8.80.